The molecule has 1 atom stereocenters. The summed E-state index contributed by atoms with van der Waals surface area (Å²) >= 11 is 0. The first kappa shape index (κ1) is 17.7. The fourth-order valence-electron chi connectivity index (χ4n) is 3.16. The van der Waals surface area contributed by atoms with Crippen molar-refractivity contribution in [3.05, 3.63) is 24.0 Å². The van der Waals surface area contributed by atoms with E-state index in [1.807, 2.05) is 6.07 Å². The van der Waals surface area contributed by atoms with E-state index in [-0.39, 0.29) is 35.1 Å². The molecule has 2 aliphatic rings. The lowest BCUT2D eigenvalue weighted by molar-refractivity contribution is -0.129. The molecule has 0 aliphatic carbocycles. The fraction of sp³-hybridized carbons (Fsp3) is 0.562. The van der Waals surface area contributed by atoms with Crippen molar-refractivity contribution in [3.8, 4) is 0 Å². The van der Waals surface area contributed by atoms with Crippen molar-refractivity contribution in [1.82, 2.24) is 15.2 Å². The lowest BCUT2D eigenvalue weighted by Gasteiger charge is -2.35. The van der Waals surface area contributed by atoms with Gasteiger partial charge in [0.05, 0.1) is 23.4 Å². The first-order chi connectivity index (χ1) is 11.8. The van der Waals surface area contributed by atoms with Crippen LogP contribution in [0.1, 0.15) is 23.8 Å². The number of nitrogens with zero attached hydrogens (tertiary/aromatic N) is 3. The van der Waals surface area contributed by atoms with Crippen LogP contribution in [0.4, 0.5) is 5.69 Å². The zero-order chi connectivity index (χ0) is 18.0. The van der Waals surface area contributed by atoms with E-state index in [1.165, 1.54) is 0 Å². The summed E-state index contributed by atoms with van der Waals surface area (Å²) in [7, 11) is -3.02. The molecule has 1 aromatic heterocycles. The van der Waals surface area contributed by atoms with Crippen molar-refractivity contribution < 1.29 is 18.0 Å². The summed E-state index contributed by atoms with van der Waals surface area (Å²) in [6.07, 6.45) is 2.09. The largest absolute Gasteiger partial charge is 0.367 e. The molecular weight excluding hydrogens is 344 g/mol. The Bertz CT molecular complexity index is 755. The Morgan fingerprint density at radius 1 is 1.20 bits per heavy atom. The Balaban J connectivity index is 1.57. The molecule has 2 saturated heterocycles. The Morgan fingerprint density at radius 2 is 1.92 bits per heavy atom. The molecule has 1 N–H and O–H groups in total. The van der Waals surface area contributed by atoms with Crippen LogP contribution in [-0.4, -0.2) is 73.8 Å². The number of rotatable bonds is 3. The smallest absolute Gasteiger partial charge is 0.270 e. The minimum absolute atomic E-state index is 0.00273. The molecule has 9 heteroatoms. The highest BCUT2D eigenvalue weighted by Gasteiger charge is 2.29. The van der Waals surface area contributed by atoms with Gasteiger partial charge in [0.15, 0.2) is 9.84 Å². The quantitative estimate of drug-likeness (QED) is 0.786. The molecule has 8 nitrogen and oxygen atoms in total. The van der Waals surface area contributed by atoms with Gasteiger partial charge in [0.2, 0.25) is 5.91 Å². The molecule has 25 heavy (non-hydrogen) atoms. The Hall–Kier alpha value is -2.16. The van der Waals surface area contributed by atoms with E-state index < -0.39 is 9.84 Å². The second kappa shape index (κ2) is 6.99. The average molecular weight is 366 g/mol. The number of hydrogen-bond donors (Lipinski definition) is 1. The van der Waals surface area contributed by atoms with E-state index in [1.54, 1.807) is 24.1 Å². The van der Waals surface area contributed by atoms with Crippen LogP contribution >= 0.6 is 0 Å². The van der Waals surface area contributed by atoms with Crippen LogP contribution in [0.5, 0.6) is 0 Å². The summed E-state index contributed by atoms with van der Waals surface area (Å²) in [5.41, 5.74) is 1.18. The normalized spacial score (nSPS) is 22.7. The predicted octanol–water partition coefficient (Wildman–Crippen LogP) is -0.333. The molecule has 0 aromatic carbocycles. The summed E-state index contributed by atoms with van der Waals surface area (Å²) in [5, 5.41) is 2.73. The molecule has 1 unspecified atom stereocenters. The Labute approximate surface area is 147 Å². The maximum Gasteiger partial charge on any atom is 0.270 e. The lowest BCUT2D eigenvalue weighted by Crippen LogP contribution is -2.48. The van der Waals surface area contributed by atoms with Crippen LogP contribution in [0.3, 0.4) is 0 Å². The van der Waals surface area contributed by atoms with Crippen molar-refractivity contribution in [2.45, 2.75) is 19.4 Å². The van der Waals surface area contributed by atoms with Gasteiger partial charge in [-0.1, -0.05) is 0 Å². The van der Waals surface area contributed by atoms with Crippen LogP contribution in [0.2, 0.25) is 0 Å². The maximum absolute atomic E-state index is 12.2. The van der Waals surface area contributed by atoms with E-state index in [2.05, 4.69) is 15.2 Å². The Kier molecular flexibility index (Phi) is 4.94. The van der Waals surface area contributed by atoms with Gasteiger partial charge in [-0.2, -0.15) is 0 Å². The number of anilines is 1. The molecule has 2 aliphatic heterocycles. The van der Waals surface area contributed by atoms with E-state index in [9.17, 15) is 18.0 Å². The van der Waals surface area contributed by atoms with E-state index in [0.717, 1.165) is 18.8 Å². The highest BCUT2D eigenvalue weighted by molar-refractivity contribution is 7.91. The molecule has 0 spiro atoms. The van der Waals surface area contributed by atoms with Gasteiger partial charge in [0, 0.05) is 39.1 Å². The Morgan fingerprint density at radius 3 is 2.44 bits per heavy atom. The maximum atomic E-state index is 12.2. The summed E-state index contributed by atoms with van der Waals surface area (Å²) in [6, 6.07) is 3.14. The highest BCUT2D eigenvalue weighted by Crippen LogP contribution is 2.16. The monoisotopic (exact) mass is 366 g/mol. The van der Waals surface area contributed by atoms with Crippen molar-refractivity contribution in [2.24, 2.45) is 0 Å². The van der Waals surface area contributed by atoms with Crippen LogP contribution in [0, 0.1) is 0 Å². The molecule has 3 rings (SSSR count). The second-order valence-corrected chi connectivity index (χ2v) is 8.70. The third-order valence-electron chi connectivity index (χ3n) is 4.64. The minimum Gasteiger partial charge on any atom is -0.367 e. The van der Waals surface area contributed by atoms with E-state index in [0.29, 0.717) is 19.5 Å². The number of nitrogens with one attached hydrogen (secondary N) is 1. The lowest BCUT2D eigenvalue weighted by atomic mass is 10.2. The van der Waals surface area contributed by atoms with Crippen molar-refractivity contribution in [1.29, 1.82) is 0 Å². The van der Waals surface area contributed by atoms with Crippen LogP contribution in [0.15, 0.2) is 18.3 Å². The van der Waals surface area contributed by atoms with E-state index in [4.69, 9.17) is 0 Å². The van der Waals surface area contributed by atoms with Crippen molar-refractivity contribution in [3.63, 3.8) is 0 Å². The van der Waals surface area contributed by atoms with Gasteiger partial charge in [-0.25, -0.2) is 13.4 Å². The van der Waals surface area contributed by atoms with Crippen LogP contribution < -0.4 is 10.2 Å². The molecule has 2 fully saturated rings. The van der Waals surface area contributed by atoms with Gasteiger partial charge in [-0.15, -0.1) is 0 Å². The SMILES string of the molecule is CC(=O)N1CCN(c2ccc(C(=O)NC3CCS(=O)(=O)C3)nc2)CC1. The molecule has 2 amide bonds. The number of carbonyl (C=O) groups excluding carboxylic acids is 2. The van der Waals surface area contributed by atoms with Crippen molar-refractivity contribution in [2.75, 3.05) is 42.6 Å². The summed E-state index contributed by atoms with van der Waals surface area (Å²) in [4.78, 5) is 31.7. The number of amides is 2. The summed E-state index contributed by atoms with van der Waals surface area (Å²) < 4.78 is 22.9. The van der Waals surface area contributed by atoms with Gasteiger partial charge in [-0.3, -0.25) is 9.59 Å². The first-order valence-corrected chi connectivity index (χ1v) is 10.1. The average Bonchev–Trinajstić information content (AvgIpc) is 2.93. The summed E-state index contributed by atoms with van der Waals surface area (Å²) in [5.74, 6) is -0.151. The zero-order valence-corrected chi connectivity index (χ0v) is 15.0. The molecule has 3 heterocycles. The summed E-state index contributed by atoms with van der Waals surface area (Å²) in [6.45, 7) is 4.38. The highest BCUT2D eigenvalue weighted by atomic mass is 32.2. The molecular formula is C16H22N4O4S. The molecule has 0 radical (unpaired) electrons. The number of aromatic nitrogens is 1. The standard InChI is InChI=1S/C16H22N4O4S/c1-12(21)19-5-7-20(8-6-19)14-2-3-15(17-10-14)16(22)18-13-4-9-25(23,24)11-13/h2-3,10,13H,4-9,11H2,1H3,(H,18,22). The molecule has 0 saturated carbocycles. The van der Waals surface area contributed by atoms with Gasteiger partial charge >= 0.3 is 0 Å². The van der Waals surface area contributed by atoms with Crippen molar-refractivity contribution >= 4 is 27.3 Å². The van der Waals surface area contributed by atoms with Crippen LogP contribution in [0.25, 0.3) is 0 Å². The van der Waals surface area contributed by atoms with E-state index >= 15 is 0 Å². The topological polar surface area (TPSA) is 99.7 Å². The fourth-order valence-corrected chi connectivity index (χ4v) is 4.83. The molecule has 1 aromatic rings. The predicted molar refractivity (Wildman–Crippen MR) is 93.2 cm³/mol. The van der Waals surface area contributed by atoms with Crippen LogP contribution in [-0.2, 0) is 14.6 Å². The van der Waals surface area contributed by atoms with Gasteiger partial charge in [-0.05, 0) is 18.6 Å². The van der Waals surface area contributed by atoms with Gasteiger partial charge in [0.1, 0.15) is 5.69 Å². The first-order valence-electron chi connectivity index (χ1n) is 8.32. The third kappa shape index (κ3) is 4.28. The van der Waals surface area contributed by atoms with Gasteiger partial charge < -0.3 is 15.1 Å². The second-order valence-electron chi connectivity index (χ2n) is 6.47. The number of pyridine rings is 1. The third-order valence-corrected chi connectivity index (χ3v) is 6.41. The molecule has 136 valence electrons. The number of carbonyl (C=O) groups is 2. The minimum atomic E-state index is -3.02. The number of sulfone groups is 1. The van der Waals surface area contributed by atoms with Gasteiger partial charge in [0.25, 0.3) is 5.91 Å². The number of hydrogen-bond acceptors (Lipinski definition) is 6. The number of piperazine rings is 1. The molecule has 0 bridgehead atoms. The zero-order valence-electron chi connectivity index (χ0n) is 14.1.